The maximum absolute atomic E-state index is 13.0. The monoisotopic (exact) mass is 335 g/mol. The number of hydrogen-bond donors (Lipinski definition) is 1. The van der Waals surface area contributed by atoms with Crippen molar-refractivity contribution in [2.75, 3.05) is 12.0 Å². The van der Waals surface area contributed by atoms with Crippen molar-refractivity contribution >= 4 is 11.6 Å². The summed E-state index contributed by atoms with van der Waals surface area (Å²) in [6, 6.07) is 15.2. The molecule has 1 aliphatic heterocycles. The van der Waals surface area contributed by atoms with Gasteiger partial charge in [-0.25, -0.2) is 0 Å². The van der Waals surface area contributed by atoms with Crippen LogP contribution in [0.2, 0.25) is 0 Å². The van der Waals surface area contributed by atoms with Crippen molar-refractivity contribution < 1.29 is 14.6 Å². The van der Waals surface area contributed by atoms with Gasteiger partial charge in [-0.15, -0.1) is 0 Å². The summed E-state index contributed by atoms with van der Waals surface area (Å²) in [4.78, 5) is 14.7. The lowest BCUT2D eigenvalue weighted by molar-refractivity contribution is -0.115. The van der Waals surface area contributed by atoms with Crippen LogP contribution in [0.4, 0.5) is 5.69 Å². The fraction of sp³-hybridized carbons (Fsp3) is 0.190. The molecule has 0 aromatic heterocycles. The van der Waals surface area contributed by atoms with Gasteiger partial charge < -0.3 is 9.84 Å². The van der Waals surface area contributed by atoms with E-state index in [0.717, 1.165) is 22.6 Å². The molecule has 4 heteroatoms. The second-order valence-electron chi connectivity index (χ2n) is 6.09. The standard InChI is InChI=1S/C21H21NO3/c1-14-4-8-17(9-5-14)22-20(13-12-19(15(2)23)21(22)24)16-6-10-18(25-3)11-7-16/h4-13,20,23H,1-3H3/b19-15+. The predicted octanol–water partition coefficient (Wildman–Crippen LogP) is 4.48. The van der Waals surface area contributed by atoms with E-state index in [0.29, 0.717) is 5.57 Å². The van der Waals surface area contributed by atoms with E-state index in [2.05, 4.69) is 0 Å². The topological polar surface area (TPSA) is 49.8 Å². The van der Waals surface area contributed by atoms with Gasteiger partial charge in [0, 0.05) is 5.69 Å². The Morgan fingerprint density at radius 2 is 1.72 bits per heavy atom. The Kier molecular flexibility index (Phi) is 4.61. The summed E-state index contributed by atoms with van der Waals surface area (Å²) in [6.45, 7) is 3.53. The second kappa shape index (κ2) is 6.85. The third-order valence-electron chi connectivity index (χ3n) is 4.33. The highest BCUT2D eigenvalue weighted by molar-refractivity contribution is 6.09. The van der Waals surface area contributed by atoms with Crippen molar-refractivity contribution in [2.45, 2.75) is 19.9 Å². The lowest BCUT2D eigenvalue weighted by Gasteiger charge is -2.34. The molecule has 128 valence electrons. The van der Waals surface area contributed by atoms with E-state index in [1.165, 1.54) is 6.92 Å². The summed E-state index contributed by atoms with van der Waals surface area (Å²) < 4.78 is 5.21. The SMILES string of the molecule is COc1ccc(C2C=C/C(=C(/C)O)C(=O)N2c2ccc(C)cc2)cc1. The zero-order valence-corrected chi connectivity index (χ0v) is 14.6. The highest BCUT2D eigenvalue weighted by atomic mass is 16.5. The number of benzene rings is 2. The van der Waals surface area contributed by atoms with Crippen LogP contribution in [0.3, 0.4) is 0 Å². The van der Waals surface area contributed by atoms with Gasteiger partial charge in [0.1, 0.15) is 11.5 Å². The van der Waals surface area contributed by atoms with E-state index in [1.807, 2.05) is 61.5 Å². The van der Waals surface area contributed by atoms with E-state index in [4.69, 9.17) is 4.74 Å². The smallest absolute Gasteiger partial charge is 0.262 e. The molecule has 0 aliphatic carbocycles. The van der Waals surface area contributed by atoms with E-state index < -0.39 is 0 Å². The Labute approximate surface area is 147 Å². The minimum absolute atomic E-state index is 0.0199. The summed E-state index contributed by atoms with van der Waals surface area (Å²) in [7, 11) is 1.62. The molecule has 2 aromatic rings. The van der Waals surface area contributed by atoms with Crippen LogP contribution in [0.5, 0.6) is 5.75 Å². The number of methoxy groups -OCH3 is 1. The molecule has 1 aliphatic rings. The van der Waals surface area contributed by atoms with Gasteiger partial charge in [-0.2, -0.15) is 0 Å². The van der Waals surface area contributed by atoms with Crippen LogP contribution < -0.4 is 9.64 Å². The third kappa shape index (κ3) is 3.29. The number of anilines is 1. The molecule has 1 amide bonds. The van der Waals surface area contributed by atoms with E-state index in [1.54, 1.807) is 18.1 Å². The van der Waals surface area contributed by atoms with Gasteiger partial charge in [0.05, 0.1) is 18.7 Å². The molecule has 1 unspecified atom stereocenters. The molecule has 0 saturated heterocycles. The molecule has 3 rings (SSSR count). The highest BCUT2D eigenvalue weighted by Gasteiger charge is 2.31. The number of nitrogens with zero attached hydrogens (tertiary/aromatic N) is 1. The summed E-state index contributed by atoms with van der Waals surface area (Å²) >= 11 is 0. The first-order valence-corrected chi connectivity index (χ1v) is 8.13. The molecule has 1 N–H and O–H groups in total. The van der Waals surface area contributed by atoms with Gasteiger partial charge in [-0.05, 0) is 49.8 Å². The van der Waals surface area contributed by atoms with E-state index in [9.17, 15) is 9.90 Å². The minimum atomic E-state index is -0.246. The van der Waals surface area contributed by atoms with Crippen LogP contribution >= 0.6 is 0 Å². The summed E-state index contributed by atoms with van der Waals surface area (Å²) in [5.41, 5.74) is 3.20. The van der Waals surface area contributed by atoms with Gasteiger partial charge in [-0.1, -0.05) is 35.9 Å². The number of amides is 1. The quantitative estimate of drug-likeness (QED) is 0.664. The first-order valence-electron chi connectivity index (χ1n) is 8.13. The number of aryl methyl sites for hydroxylation is 1. The molecule has 0 radical (unpaired) electrons. The zero-order valence-electron chi connectivity index (χ0n) is 14.6. The molecule has 0 fully saturated rings. The van der Waals surface area contributed by atoms with Crippen LogP contribution in [0.25, 0.3) is 0 Å². The zero-order chi connectivity index (χ0) is 18.0. The summed E-state index contributed by atoms with van der Waals surface area (Å²) in [5.74, 6) is 0.572. The van der Waals surface area contributed by atoms with Crippen LogP contribution in [-0.2, 0) is 4.79 Å². The molecule has 0 saturated carbocycles. The number of carbonyl (C=O) groups excluding carboxylic acids is 1. The van der Waals surface area contributed by atoms with Gasteiger partial charge in [0.25, 0.3) is 5.91 Å². The normalized spacial score (nSPS) is 19.1. The first kappa shape index (κ1) is 16.8. The number of ether oxygens (including phenoxy) is 1. The Morgan fingerprint density at radius 1 is 1.08 bits per heavy atom. The van der Waals surface area contributed by atoms with Gasteiger partial charge in [0.15, 0.2) is 0 Å². The predicted molar refractivity (Wildman–Crippen MR) is 98.9 cm³/mol. The fourth-order valence-corrected chi connectivity index (χ4v) is 2.92. The Morgan fingerprint density at radius 3 is 2.28 bits per heavy atom. The highest BCUT2D eigenvalue weighted by Crippen LogP contribution is 2.35. The van der Waals surface area contributed by atoms with Crippen molar-refractivity contribution in [1.82, 2.24) is 0 Å². The van der Waals surface area contributed by atoms with Crippen LogP contribution in [-0.4, -0.2) is 18.1 Å². The average molecular weight is 335 g/mol. The Bertz CT molecular complexity index is 828. The molecule has 2 aromatic carbocycles. The number of allylic oxidation sites excluding steroid dienone is 1. The fourth-order valence-electron chi connectivity index (χ4n) is 2.92. The van der Waals surface area contributed by atoms with Crippen molar-refractivity contribution in [3.8, 4) is 5.75 Å². The van der Waals surface area contributed by atoms with E-state index in [-0.39, 0.29) is 17.7 Å². The van der Waals surface area contributed by atoms with Gasteiger partial charge >= 0.3 is 0 Å². The number of carbonyl (C=O) groups is 1. The number of aliphatic hydroxyl groups is 1. The van der Waals surface area contributed by atoms with Crippen molar-refractivity contribution in [2.24, 2.45) is 0 Å². The van der Waals surface area contributed by atoms with E-state index >= 15 is 0 Å². The largest absolute Gasteiger partial charge is 0.512 e. The summed E-state index contributed by atoms with van der Waals surface area (Å²) in [6.07, 6.45) is 3.62. The molecule has 1 atom stereocenters. The molecule has 0 bridgehead atoms. The second-order valence-corrected chi connectivity index (χ2v) is 6.09. The van der Waals surface area contributed by atoms with Crippen molar-refractivity contribution in [1.29, 1.82) is 0 Å². The molecule has 4 nitrogen and oxygen atoms in total. The van der Waals surface area contributed by atoms with Crippen LogP contribution in [0.15, 0.2) is 72.0 Å². The van der Waals surface area contributed by atoms with Crippen molar-refractivity contribution in [3.63, 3.8) is 0 Å². The van der Waals surface area contributed by atoms with Crippen LogP contribution in [0.1, 0.15) is 24.1 Å². The molecular formula is C21H21NO3. The van der Waals surface area contributed by atoms with Gasteiger partial charge in [-0.3, -0.25) is 9.69 Å². The maximum atomic E-state index is 13.0. The van der Waals surface area contributed by atoms with Crippen molar-refractivity contribution in [3.05, 3.63) is 83.1 Å². The lowest BCUT2D eigenvalue weighted by Crippen LogP contribution is -2.37. The first-order chi connectivity index (χ1) is 12.0. The molecule has 1 heterocycles. The lowest BCUT2D eigenvalue weighted by atomic mass is 9.96. The molecule has 0 spiro atoms. The summed E-state index contributed by atoms with van der Waals surface area (Å²) in [5, 5.41) is 9.85. The van der Waals surface area contributed by atoms with Crippen LogP contribution in [0, 0.1) is 6.92 Å². The number of aliphatic hydroxyl groups excluding tert-OH is 1. The Balaban J connectivity index is 2.09. The molecular weight excluding hydrogens is 314 g/mol. The minimum Gasteiger partial charge on any atom is -0.512 e. The molecule has 25 heavy (non-hydrogen) atoms. The maximum Gasteiger partial charge on any atom is 0.262 e. The average Bonchev–Trinajstić information content (AvgIpc) is 2.62. The Hall–Kier alpha value is -3.01. The number of hydrogen-bond acceptors (Lipinski definition) is 3. The number of rotatable bonds is 3. The van der Waals surface area contributed by atoms with Gasteiger partial charge in [0.2, 0.25) is 0 Å². The third-order valence-corrected chi connectivity index (χ3v) is 4.33.